The van der Waals surface area contributed by atoms with E-state index in [0.29, 0.717) is 16.9 Å². The molecule has 1 N–H and O–H groups in total. The first kappa shape index (κ1) is 11.9. The minimum absolute atomic E-state index is 0.0503. The second kappa shape index (κ2) is 5.15. The minimum atomic E-state index is -0.287. The molecule has 1 aliphatic rings. The quantitative estimate of drug-likeness (QED) is 0.855. The standard InChI is InChI=1S/C12H15F2NS/c1-2-15-11-5-6-16-7-8-9(13)3-4-10(14)12(8)11/h3-4,11,15H,2,5-7H2,1H3. The van der Waals surface area contributed by atoms with Crippen molar-refractivity contribution in [3.63, 3.8) is 0 Å². The Labute approximate surface area is 98.6 Å². The van der Waals surface area contributed by atoms with Crippen LogP contribution in [0.25, 0.3) is 0 Å². The van der Waals surface area contributed by atoms with E-state index in [4.69, 9.17) is 0 Å². The van der Waals surface area contributed by atoms with Crippen molar-refractivity contribution in [3.8, 4) is 0 Å². The monoisotopic (exact) mass is 243 g/mol. The van der Waals surface area contributed by atoms with Crippen LogP contribution in [0.1, 0.15) is 30.5 Å². The molecule has 1 aromatic carbocycles. The normalized spacial score (nSPS) is 20.3. The summed E-state index contributed by atoms with van der Waals surface area (Å²) in [6.45, 7) is 2.75. The van der Waals surface area contributed by atoms with E-state index in [1.807, 2.05) is 6.92 Å². The van der Waals surface area contributed by atoms with Gasteiger partial charge in [-0.2, -0.15) is 11.8 Å². The fraction of sp³-hybridized carbons (Fsp3) is 0.500. The molecule has 0 amide bonds. The molecule has 0 aliphatic carbocycles. The molecule has 4 heteroatoms. The van der Waals surface area contributed by atoms with Crippen molar-refractivity contribution < 1.29 is 8.78 Å². The number of fused-ring (bicyclic) bond motifs is 1. The van der Waals surface area contributed by atoms with Crippen LogP contribution in [0.5, 0.6) is 0 Å². The third kappa shape index (κ3) is 2.23. The van der Waals surface area contributed by atoms with Crippen LogP contribution < -0.4 is 5.32 Å². The summed E-state index contributed by atoms with van der Waals surface area (Å²) in [5.74, 6) is 0.935. The first-order chi connectivity index (χ1) is 7.74. The molecule has 1 nitrogen and oxygen atoms in total. The number of hydrogen-bond donors (Lipinski definition) is 1. The van der Waals surface area contributed by atoms with E-state index >= 15 is 0 Å². The maximum Gasteiger partial charge on any atom is 0.128 e. The summed E-state index contributed by atoms with van der Waals surface area (Å²) in [5, 5.41) is 3.23. The average molecular weight is 243 g/mol. The molecule has 1 heterocycles. The lowest BCUT2D eigenvalue weighted by Crippen LogP contribution is -2.23. The van der Waals surface area contributed by atoms with Crippen LogP contribution >= 0.6 is 11.8 Å². The summed E-state index contributed by atoms with van der Waals surface area (Å²) >= 11 is 1.66. The zero-order valence-corrected chi connectivity index (χ0v) is 10.0. The molecule has 0 saturated carbocycles. The van der Waals surface area contributed by atoms with Gasteiger partial charge in [0.25, 0.3) is 0 Å². The number of thioether (sulfide) groups is 1. The molecular formula is C12H15F2NS. The Balaban J connectivity index is 2.46. The maximum absolute atomic E-state index is 13.8. The van der Waals surface area contributed by atoms with Crippen LogP contribution in [-0.2, 0) is 5.75 Å². The van der Waals surface area contributed by atoms with Crippen molar-refractivity contribution in [2.45, 2.75) is 25.1 Å². The van der Waals surface area contributed by atoms with Crippen LogP contribution in [0.3, 0.4) is 0 Å². The van der Waals surface area contributed by atoms with Gasteiger partial charge in [0.05, 0.1) is 0 Å². The predicted molar refractivity (Wildman–Crippen MR) is 63.6 cm³/mol. The fourth-order valence-electron chi connectivity index (χ4n) is 2.10. The number of halogens is 2. The lowest BCUT2D eigenvalue weighted by Gasteiger charge is -2.19. The fourth-order valence-corrected chi connectivity index (χ4v) is 3.15. The number of nitrogens with one attached hydrogen (secondary N) is 1. The second-order valence-electron chi connectivity index (χ2n) is 3.87. The topological polar surface area (TPSA) is 12.0 Å². The van der Waals surface area contributed by atoms with Gasteiger partial charge >= 0.3 is 0 Å². The lowest BCUT2D eigenvalue weighted by atomic mass is 9.98. The number of hydrogen-bond acceptors (Lipinski definition) is 2. The Kier molecular flexibility index (Phi) is 3.82. The molecule has 0 bridgehead atoms. The molecule has 1 aliphatic heterocycles. The SMILES string of the molecule is CCNC1CCSCc2c(F)ccc(F)c21. The number of rotatable bonds is 2. The molecule has 16 heavy (non-hydrogen) atoms. The highest BCUT2D eigenvalue weighted by Crippen LogP contribution is 2.33. The molecule has 0 spiro atoms. The van der Waals surface area contributed by atoms with E-state index in [9.17, 15) is 8.78 Å². The van der Waals surface area contributed by atoms with Crippen molar-refractivity contribution >= 4 is 11.8 Å². The van der Waals surface area contributed by atoms with Crippen molar-refractivity contribution in [2.75, 3.05) is 12.3 Å². The van der Waals surface area contributed by atoms with Gasteiger partial charge in [-0.15, -0.1) is 0 Å². The van der Waals surface area contributed by atoms with E-state index < -0.39 is 0 Å². The van der Waals surface area contributed by atoms with Gasteiger partial charge in [-0.3, -0.25) is 0 Å². The summed E-state index contributed by atoms with van der Waals surface area (Å²) in [5.41, 5.74) is 1.07. The molecule has 0 aromatic heterocycles. The van der Waals surface area contributed by atoms with Gasteiger partial charge in [-0.1, -0.05) is 6.92 Å². The van der Waals surface area contributed by atoms with Crippen molar-refractivity contribution in [3.05, 3.63) is 34.9 Å². The molecule has 2 rings (SSSR count). The summed E-state index contributed by atoms with van der Waals surface area (Å²) in [7, 11) is 0. The Morgan fingerprint density at radius 3 is 2.88 bits per heavy atom. The third-order valence-corrected chi connectivity index (χ3v) is 3.86. The van der Waals surface area contributed by atoms with Gasteiger partial charge in [0, 0.05) is 22.9 Å². The maximum atomic E-state index is 13.8. The molecule has 1 atom stereocenters. The Morgan fingerprint density at radius 2 is 2.12 bits per heavy atom. The van der Waals surface area contributed by atoms with E-state index in [-0.39, 0.29) is 17.7 Å². The van der Waals surface area contributed by atoms with Crippen LogP contribution in [-0.4, -0.2) is 12.3 Å². The molecule has 1 aromatic rings. The molecule has 1 unspecified atom stereocenters. The third-order valence-electron chi connectivity index (χ3n) is 2.84. The van der Waals surface area contributed by atoms with Crippen LogP contribution in [0.4, 0.5) is 8.78 Å². The molecule has 0 fully saturated rings. The van der Waals surface area contributed by atoms with E-state index in [1.54, 1.807) is 11.8 Å². The molecule has 0 radical (unpaired) electrons. The molecule has 88 valence electrons. The highest BCUT2D eigenvalue weighted by Gasteiger charge is 2.24. The van der Waals surface area contributed by atoms with Gasteiger partial charge in [0.15, 0.2) is 0 Å². The van der Waals surface area contributed by atoms with Gasteiger partial charge in [-0.25, -0.2) is 8.78 Å². The summed E-state index contributed by atoms with van der Waals surface area (Å²) in [6.07, 6.45) is 0.853. The first-order valence-electron chi connectivity index (χ1n) is 5.52. The van der Waals surface area contributed by atoms with Crippen molar-refractivity contribution in [2.24, 2.45) is 0 Å². The van der Waals surface area contributed by atoms with Crippen molar-refractivity contribution in [1.29, 1.82) is 0 Å². The van der Waals surface area contributed by atoms with E-state index in [0.717, 1.165) is 18.7 Å². The van der Waals surface area contributed by atoms with Gasteiger partial charge in [-0.05, 0) is 30.9 Å². The zero-order valence-electron chi connectivity index (χ0n) is 9.22. The second-order valence-corrected chi connectivity index (χ2v) is 4.98. The molecular weight excluding hydrogens is 228 g/mol. The predicted octanol–water partition coefficient (Wildman–Crippen LogP) is 3.25. The Morgan fingerprint density at radius 1 is 1.38 bits per heavy atom. The summed E-state index contributed by atoms with van der Waals surface area (Å²) in [6, 6.07) is 2.41. The zero-order chi connectivity index (χ0) is 11.5. The Bertz CT molecular complexity index is 382. The van der Waals surface area contributed by atoms with Crippen LogP contribution in [0.2, 0.25) is 0 Å². The largest absolute Gasteiger partial charge is 0.310 e. The van der Waals surface area contributed by atoms with Crippen LogP contribution in [0.15, 0.2) is 12.1 Å². The van der Waals surface area contributed by atoms with Gasteiger partial charge in [0.1, 0.15) is 11.6 Å². The van der Waals surface area contributed by atoms with Crippen molar-refractivity contribution in [1.82, 2.24) is 5.32 Å². The van der Waals surface area contributed by atoms with E-state index in [1.165, 1.54) is 12.1 Å². The lowest BCUT2D eigenvalue weighted by molar-refractivity contribution is 0.494. The Hall–Kier alpha value is -0.610. The smallest absolute Gasteiger partial charge is 0.128 e. The highest BCUT2D eigenvalue weighted by atomic mass is 32.2. The first-order valence-corrected chi connectivity index (χ1v) is 6.67. The average Bonchev–Trinajstić information content (AvgIpc) is 2.48. The van der Waals surface area contributed by atoms with Gasteiger partial charge < -0.3 is 5.32 Å². The minimum Gasteiger partial charge on any atom is -0.310 e. The van der Waals surface area contributed by atoms with E-state index in [2.05, 4.69) is 5.32 Å². The summed E-state index contributed by atoms with van der Waals surface area (Å²) < 4.78 is 27.4. The summed E-state index contributed by atoms with van der Waals surface area (Å²) in [4.78, 5) is 0. The van der Waals surface area contributed by atoms with Crippen LogP contribution in [0, 0.1) is 11.6 Å². The highest BCUT2D eigenvalue weighted by molar-refractivity contribution is 7.98. The van der Waals surface area contributed by atoms with Gasteiger partial charge in [0.2, 0.25) is 0 Å². The number of benzene rings is 1. The molecule has 0 saturated heterocycles.